The summed E-state index contributed by atoms with van der Waals surface area (Å²) < 4.78 is 0. The lowest BCUT2D eigenvalue weighted by Gasteiger charge is -2.19. The smallest absolute Gasteiger partial charge is 0.326 e. The summed E-state index contributed by atoms with van der Waals surface area (Å²) in [5, 5.41) is 24.0. The first-order chi connectivity index (χ1) is 18.0. The van der Waals surface area contributed by atoms with Crippen LogP contribution < -0.4 is 21.3 Å². The van der Waals surface area contributed by atoms with Gasteiger partial charge in [-0.2, -0.15) is 0 Å². The van der Waals surface area contributed by atoms with E-state index in [1.54, 1.807) is 0 Å². The maximum Gasteiger partial charge on any atom is 0.326 e. The summed E-state index contributed by atoms with van der Waals surface area (Å²) in [7, 11) is 0. The van der Waals surface area contributed by atoms with Gasteiger partial charge in [-0.15, -0.1) is 0 Å². The molecule has 8 heteroatoms. The Balaban J connectivity index is 1.16. The molecule has 37 heavy (non-hydrogen) atoms. The quantitative estimate of drug-likeness (QED) is 0.220. The van der Waals surface area contributed by atoms with Crippen molar-refractivity contribution in [3.8, 4) is 0 Å². The molecule has 0 saturated heterocycles. The number of hydrogen-bond acceptors (Lipinski definition) is 6. The Kier molecular flexibility index (Phi) is 8.97. The maximum atomic E-state index is 12.3. The van der Waals surface area contributed by atoms with Crippen LogP contribution in [0.3, 0.4) is 0 Å². The minimum Gasteiger partial charge on any atom is -0.480 e. The first-order valence-electron chi connectivity index (χ1n) is 12.9. The molecule has 4 rings (SSSR count). The Bertz CT molecular complexity index is 1250. The van der Waals surface area contributed by atoms with Gasteiger partial charge in [0.2, 0.25) is 5.91 Å². The number of rotatable bonds is 13. The van der Waals surface area contributed by atoms with Crippen molar-refractivity contribution in [3.63, 3.8) is 0 Å². The molecule has 0 spiro atoms. The second kappa shape index (κ2) is 12.8. The highest BCUT2D eigenvalue weighted by molar-refractivity contribution is 5.94. The molecule has 3 aromatic rings. The van der Waals surface area contributed by atoms with Gasteiger partial charge in [-0.3, -0.25) is 4.79 Å². The zero-order valence-electron chi connectivity index (χ0n) is 21.1. The van der Waals surface area contributed by atoms with Crippen molar-refractivity contribution in [1.82, 2.24) is 15.6 Å². The van der Waals surface area contributed by atoms with Crippen LogP contribution in [-0.4, -0.2) is 41.1 Å². The zero-order valence-corrected chi connectivity index (χ0v) is 21.1. The number of fused-ring (bicyclic) bond motifs is 2. The highest BCUT2D eigenvalue weighted by Gasteiger charge is 2.18. The highest BCUT2D eigenvalue weighted by atomic mass is 16.4. The van der Waals surface area contributed by atoms with Crippen molar-refractivity contribution >= 4 is 34.2 Å². The molecule has 0 fully saturated rings. The van der Waals surface area contributed by atoms with E-state index >= 15 is 0 Å². The van der Waals surface area contributed by atoms with Gasteiger partial charge in [0.05, 0.1) is 5.82 Å². The fourth-order valence-electron chi connectivity index (χ4n) is 4.54. The molecule has 1 unspecified atom stereocenters. The first-order valence-corrected chi connectivity index (χ1v) is 12.9. The number of carboxylic acids is 1. The van der Waals surface area contributed by atoms with Crippen molar-refractivity contribution in [1.29, 1.82) is 0 Å². The monoisotopic (exact) mass is 501 g/mol. The van der Waals surface area contributed by atoms with Gasteiger partial charge in [0.15, 0.2) is 0 Å². The number of anilines is 2. The van der Waals surface area contributed by atoms with Crippen LogP contribution in [0.2, 0.25) is 0 Å². The van der Waals surface area contributed by atoms with Crippen molar-refractivity contribution in [2.24, 2.45) is 0 Å². The van der Waals surface area contributed by atoms with Gasteiger partial charge >= 0.3 is 5.97 Å². The molecule has 1 aromatic heterocycles. The van der Waals surface area contributed by atoms with Crippen LogP contribution in [0.25, 0.3) is 10.8 Å². The second-order valence-electron chi connectivity index (χ2n) is 9.35. The molecule has 1 aliphatic heterocycles. The van der Waals surface area contributed by atoms with Crippen LogP contribution in [0.4, 0.5) is 11.5 Å². The average molecular weight is 502 g/mol. The summed E-state index contributed by atoms with van der Waals surface area (Å²) in [5.41, 5.74) is 3.16. The van der Waals surface area contributed by atoms with Crippen LogP contribution in [0.1, 0.15) is 43.4 Å². The molecule has 1 amide bonds. The average Bonchev–Trinajstić information content (AvgIpc) is 2.90. The Morgan fingerprint density at radius 1 is 1.08 bits per heavy atom. The minimum absolute atomic E-state index is 0.0723. The maximum absolute atomic E-state index is 12.3. The third kappa shape index (κ3) is 7.46. The van der Waals surface area contributed by atoms with Gasteiger partial charge in [-0.1, -0.05) is 49.0 Å². The lowest BCUT2D eigenvalue weighted by Crippen LogP contribution is -2.40. The number of pyridine rings is 1. The van der Waals surface area contributed by atoms with Crippen LogP contribution >= 0.6 is 0 Å². The molecule has 2 aromatic carbocycles. The fourth-order valence-corrected chi connectivity index (χ4v) is 4.54. The molecule has 0 bridgehead atoms. The van der Waals surface area contributed by atoms with Gasteiger partial charge < -0.3 is 26.4 Å². The third-order valence-electron chi connectivity index (χ3n) is 6.52. The number of amides is 1. The number of carboxylic acid groups (broad SMARTS) is 1. The normalized spacial score (nSPS) is 13.2. The first kappa shape index (κ1) is 26.0. The second-order valence-corrected chi connectivity index (χ2v) is 9.35. The van der Waals surface area contributed by atoms with Crippen LogP contribution in [0.15, 0.2) is 67.0 Å². The van der Waals surface area contributed by atoms with E-state index in [9.17, 15) is 14.7 Å². The van der Waals surface area contributed by atoms with Gasteiger partial charge in [-0.25, -0.2) is 9.78 Å². The summed E-state index contributed by atoms with van der Waals surface area (Å²) in [6.07, 6.45) is 5.32. The summed E-state index contributed by atoms with van der Waals surface area (Å²) in [5.74, 6) is 0.318. The third-order valence-corrected chi connectivity index (χ3v) is 6.52. The van der Waals surface area contributed by atoms with E-state index in [-0.39, 0.29) is 18.9 Å². The van der Waals surface area contributed by atoms with E-state index in [0.29, 0.717) is 12.2 Å². The topological polar surface area (TPSA) is 115 Å². The van der Waals surface area contributed by atoms with Crippen molar-refractivity contribution in [3.05, 3.63) is 78.3 Å². The minimum atomic E-state index is -0.998. The zero-order chi connectivity index (χ0) is 26.0. The van der Waals surface area contributed by atoms with E-state index < -0.39 is 12.0 Å². The molecule has 194 valence electrons. The highest BCUT2D eigenvalue weighted by Crippen LogP contribution is 2.24. The molecule has 5 N–H and O–H groups in total. The number of benzene rings is 2. The lowest BCUT2D eigenvalue weighted by molar-refractivity contribution is -0.139. The summed E-state index contributed by atoms with van der Waals surface area (Å²) >= 11 is 0. The molecule has 0 aliphatic carbocycles. The molecule has 8 nitrogen and oxygen atoms in total. The summed E-state index contributed by atoms with van der Waals surface area (Å²) in [4.78, 5) is 28.7. The number of nitrogens with zero attached hydrogens (tertiary/aromatic N) is 1. The molecular weight excluding hydrogens is 466 g/mol. The van der Waals surface area contributed by atoms with Crippen LogP contribution in [0, 0.1) is 0 Å². The molecule has 1 atom stereocenters. The van der Waals surface area contributed by atoms with Crippen LogP contribution in [-0.2, 0) is 22.4 Å². The van der Waals surface area contributed by atoms with E-state index in [4.69, 9.17) is 4.98 Å². The Morgan fingerprint density at radius 2 is 1.92 bits per heavy atom. The fraction of sp³-hybridized carbons (Fsp3) is 0.345. The van der Waals surface area contributed by atoms with E-state index in [0.717, 1.165) is 66.6 Å². The predicted octanol–water partition coefficient (Wildman–Crippen LogP) is 4.44. The molecule has 0 saturated carbocycles. The standard InChI is InChI=1S/C29H35N5O3/c1-20(32-25-13-6-9-21-8-2-4-12-24(21)25)33-26(29(36)37)17-19-30-27(35)14-5-3-11-23-16-15-22-10-7-18-31-28(22)34-23/h2,4,6,8-9,12-13,15-16,26,32-33H,1,3,5,7,10-11,14,17-19H2,(H,30,35)(H,31,34)(H,36,37). The van der Waals surface area contributed by atoms with Crippen molar-refractivity contribution in [2.75, 3.05) is 23.7 Å². The van der Waals surface area contributed by atoms with Crippen molar-refractivity contribution < 1.29 is 14.7 Å². The number of carbonyl (C=O) groups is 2. The van der Waals surface area contributed by atoms with E-state index in [2.05, 4.69) is 40.0 Å². The summed E-state index contributed by atoms with van der Waals surface area (Å²) in [6.45, 7) is 5.17. The van der Waals surface area contributed by atoms with Crippen molar-refractivity contribution in [2.45, 2.75) is 51.0 Å². The van der Waals surface area contributed by atoms with Gasteiger partial charge in [0.25, 0.3) is 0 Å². The number of aromatic nitrogens is 1. The Labute approximate surface area is 217 Å². The van der Waals surface area contributed by atoms with E-state index in [1.807, 2.05) is 42.5 Å². The number of aryl methyl sites for hydroxylation is 2. The largest absolute Gasteiger partial charge is 0.480 e. The lowest BCUT2D eigenvalue weighted by atomic mass is 10.1. The van der Waals surface area contributed by atoms with Gasteiger partial charge in [0.1, 0.15) is 11.9 Å². The SMILES string of the molecule is C=C(Nc1cccc2ccccc12)NC(CCNC(=O)CCCCc1ccc2c(n1)NCCC2)C(=O)O. The molecular formula is C29H35N5O3. The van der Waals surface area contributed by atoms with E-state index in [1.165, 1.54) is 5.56 Å². The predicted molar refractivity (Wildman–Crippen MR) is 147 cm³/mol. The number of carbonyl (C=O) groups excluding carboxylic acids is 1. The number of unbranched alkanes of at least 4 members (excludes halogenated alkanes) is 1. The molecule has 1 aliphatic rings. The number of hydrogen-bond donors (Lipinski definition) is 5. The Hall–Kier alpha value is -4.07. The number of aliphatic carboxylic acids is 1. The van der Waals surface area contributed by atoms with Crippen LogP contribution in [0.5, 0.6) is 0 Å². The molecule has 0 radical (unpaired) electrons. The summed E-state index contributed by atoms with van der Waals surface area (Å²) in [6, 6.07) is 17.2. The molecule has 2 heterocycles. The number of nitrogens with one attached hydrogen (secondary N) is 4. The van der Waals surface area contributed by atoms with Gasteiger partial charge in [-0.05, 0) is 61.6 Å². The Morgan fingerprint density at radius 3 is 2.78 bits per heavy atom. The van der Waals surface area contributed by atoms with Gasteiger partial charge in [0, 0.05) is 36.3 Å².